The van der Waals surface area contributed by atoms with Gasteiger partial charge in [0, 0.05) is 18.3 Å². The van der Waals surface area contributed by atoms with Crippen LogP contribution < -0.4 is 10.5 Å². The van der Waals surface area contributed by atoms with Gasteiger partial charge in [0.1, 0.15) is 5.75 Å². The Labute approximate surface area is 105 Å². The van der Waals surface area contributed by atoms with Crippen LogP contribution in [-0.4, -0.2) is 30.6 Å². The average molecular weight is 236 g/mol. The lowest BCUT2D eigenvalue weighted by Crippen LogP contribution is -2.32. The van der Waals surface area contributed by atoms with E-state index in [0.29, 0.717) is 6.04 Å². The predicted octanol–water partition coefficient (Wildman–Crippen LogP) is 2.77. The smallest absolute Gasteiger partial charge is 0.119 e. The Hall–Kier alpha value is -1.22. The number of hydrogen-bond donors (Lipinski definition) is 1. The van der Waals surface area contributed by atoms with Crippen LogP contribution in [0.1, 0.15) is 27.2 Å². The molecule has 96 valence electrons. The molecule has 17 heavy (non-hydrogen) atoms. The van der Waals surface area contributed by atoms with Gasteiger partial charge in [-0.3, -0.25) is 0 Å². The van der Waals surface area contributed by atoms with Crippen molar-refractivity contribution >= 4 is 5.69 Å². The van der Waals surface area contributed by atoms with Crippen molar-refractivity contribution in [3.8, 4) is 5.75 Å². The van der Waals surface area contributed by atoms with Gasteiger partial charge in [0.25, 0.3) is 0 Å². The third-order valence-electron chi connectivity index (χ3n) is 2.87. The molecule has 0 bridgehead atoms. The summed E-state index contributed by atoms with van der Waals surface area (Å²) in [5.41, 5.74) is 6.38. The molecule has 0 unspecified atom stereocenters. The molecule has 0 fully saturated rings. The zero-order valence-electron chi connectivity index (χ0n) is 11.1. The summed E-state index contributed by atoms with van der Waals surface area (Å²) < 4.78 is 5.65. The van der Waals surface area contributed by atoms with Crippen LogP contribution in [0.5, 0.6) is 5.75 Å². The standard InChI is InChI=1S/C14H24N2O/c1-4-16(12(2)3)10-5-11-17-14-8-6-13(15)7-9-14/h6-9,12H,4-5,10-11,15H2,1-3H3. The summed E-state index contributed by atoms with van der Waals surface area (Å²) >= 11 is 0. The maximum atomic E-state index is 5.65. The lowest BCUT2D eigenvalue weighted by atomic mass is 10.3. The molecule has 0 aliphatic heterocycles. The quantitative estimate of drug-likeness (QED) is 0.584. The Kier molecular flexibility index (Phi) is 5.84. The molecule has 0 aliphatic carbocycles. The van der Waals surface area contributed by atoms with Crippen molar-refractivity contribution in [1.29, 1.82) is 0 Å². The number of rotatable bonds is 7. The van der Waals surface area contributed by atoms with E-state index in [2.05, 4.69) is 25.7 Å². The van der Waals surface area contributed by atoms with E-state index in [9.17, 15) is 0 Å². The Bertz CT molecular complexity index is 309. The minimum Gasteiger partial charge on any atom is -0.494 e. The zero-order chi connectivity index (χ0) is 12.7. The van der Waals surface area contributed by atoms with Gasteiger partial charge in [0.05, 0.1) is 6.61 Å². The normalized spacial score (nSPS) is 11.1. The first kappa shape index (κ1) is 13.8. The molecule has 0 radical (unpaired) electrons. The maximum Gasteiger partial charge on any atom is 0.119 e. The van der Waals surface area contributed by atoms with E-state index in [1.807, 2.05) is 24.3 Å². The third kappa shape index (κ3) is 5.09. The first-order chi connectivity index (χ1) is 8.13. The molecule has 0 aliphatic rings. The molecule has 0 saturated carbocycles. The number of benzene rings is 1. The molecule has 0 atom stereocenters. The van der Waals surface area contributed by atoms with Gasteiger partial charge in [-0.2, -0.15) is 0 Å². The van der Waals surface area contributed by atoms with E-state index in [1.165, 1.54) is 0 Å². The minimum absolute atomic E-state index is 0.608. The van der Waals surface area contributed by atoms with E-state index in [4.69, 9.17) is 10.5 Å². The molecule has 2 N–H and O–H groups in total. The van der Waals surface area contributed by atoms with E-state index >= 15 is 0 Å². The summed E-state index contributed by atoms with van der Waals surface area (Å²) in [6.45, 7) is 9.59. The summed E-state index contributed by atoms with van der Waals surface area (Å²) in [7, 11) is 0. The number of nitrogens with two attached hydrogens (primary N) is 1. The number of ether oxygens (including phenoxy) is 1. The number of nitrogen functional groups attached to an aromatic ring is 1. The van der Waals surface area contributed by atoms with Crippen LogP contribution in [0.3, 0.4) is 0 Å². The maximum absolute atomic E-state index is 5.65. The van der Waals surface area contributed by atoms with Crippen LogP contribution in [0.4, 0.5) is 5.69 Å². The highest BCUT2D eigenvalue weighted by Gasteiger charge is 2.05. The first-order valence-electron chi connectivity index (χ1n) is 6.36. The van der Waals surface area contributed by atoms with Crippen molar-refractivity contribution in [1.82, 2.24) is 4.90 Å². The van der Waals surface area contributed by atoms with Crippen molar-refractivity contribution < 1.29 is 4.74 Å². The Morgan fingerprint density at radius 2 is 1.88 bits per heavy atom. The second kappa shape index (κ2) is 7.17. The van der Waals surface area contributed by atoms with Crippen molar-refractivity contribution in [3.63, 3.8) is 0 Å². The van der Waals surface area contributed by atoms with Gasteiger partial charge in [0.2, 0.25) is 0 Å². The van der Waals surface area contributed by atoms with Crippen LogP contribution in [-0.2, 0) is 0 Å². The molecule has 3 heteroatoms. The second-order valence-corrected chi connectivity index (χ2v) is 4.49. The summed E-state index contributed by atoms with van der Waals surface area (Å²) in [5.74, 6) is 0.895. The molecule has 0 amide bonds. The van der Waals surface area contributed by atoms with E-state index in [0.717, 1.165) is 37.6 Å². The molecule has 0 aromatic heterocycles. The zero-order valence-corrected chi connectivity index (χ0v) is 11.1. The molecule has 3 nitrogen and oxygen atoms in total. The lowest BCUT2D eigenvalue weighted by Gasteiger charge is -2.24. The third-order valence-corrected chi connectivity index (χ3v) is 2.87. The van der Waals surface area contributed by atoms with Gasteiger partial charge >= 0.3 is 0 Å². The highest BCUT2D eigenvalue weighted by molar-refractivity contribution is 5.41. The highest BCUT2D eigenvalue weighted by atomic mass is 16.5. The summed E-state index contributed by atoms with van der Waals surface area (Å²) in [6.07, 6.45) is 1.05. The van der Waals surface area contributed by atoms with Crippen molar-refractivity contribution in [2.45, 2.75) is 33.2 Å². The molecule has 0 heterocycles. The number of nitrogens with zero attached hydrogens (tertiary/aromatic N) is 1. The molecule has 1 rings (SSSR count). The van der Waals surface area contributed by atoms with Crippen molar-refractivity contribution in [2.75, 3.05) is 25.4 Å². The Morgan fingerprint density at radius 3 is 2.41 bits per heavy atom. The van der Waals surface area contributed by atoms with Gasteiger partial charge in [0.15, 0.2) is 0 Å². The molecule has 1 aromatic rings. The van der Waals surface area contributed by atoms with Crippen LogP contribution >= 0.6 is 0 Å². The Balaban J connectivity index is 2.22. The molecule has 0 saturated heterocycles. The van der Waals surface area contributed by atoms with Crippen LogP contribution in [0.15, 0.2) is 24.3 Å². The fourth-order valence-electron chi connectivity index (χ4n) is 1.80. The van der Waals surface area contributed by atoms with Gasteiger partial charge in [-0.05, 0) is 51.1 Å². The summed E-state index contributed by atoms with van der Waals surface area (Å²) in [6, 6.07) is 8.16. The summed E-state index contributed by atoms with van der Waals surface area (Å²) in [5, 5.41) is 0. The molecule has 1 aromatic carbocycles. The van der Waals surface area contributed by atoms with E-state index < -0.39 is 0 Å². The van der Waals surface area contributed by atoms with Crippen molar-refractivity contribution in [2.24, 2.45) is 0 Å². The van der Waals surface area contributed by atoms with Crippen LogP contribution in [0, 0.1) is 0 Å². The predicted molar refractivity (Wildman–Crippen MR) is 73.3 cm³/mol. The monoisotopic (exact) mass is 236 g/mol. The minimum atomic E-state index is 0.608. The fraction of sp³-hybridized carbons (Fsp3) is 0.571. The van der Waals surface area contributed by atoms with Gasteiger partial charge in [-0.15, -0.1) is 0 Å². The second-order valence-electron chi connectivity index (χ2n) is 4.49. The molecular weight excluding hydrogens is 212 g/mol. The highest BCUT2D eigenvalue weighted by Crippen LogP contribution is 2.13. The number of anilines is 1. The first-order valence-corrected chi connectivity index (χ1v) is 6.36. The van der Waals surface area contributed by atoms with Gasteiger partial charge < -0.3 is 15.4 Å². The van der Waals surface area contributed by atoms with Crippen LogP contribution in [0.25, 0.3) is 0 Å². The van der Waals surface area contributed by atoms with E-state index in [-0.39, 0.29) is 0 Å². The summed E-state index contributed by atoms with van der Waals surface area (Å²) in [4.78, 5) is 2.44. The SMILES string of the molecule is CCN(CCCOc1ccc(N)cc1)C(C)C. The molecule has 0 spiro atoms. The lowest BCUT2D eigenvalue weighted by molar-refractivity contribution is 0.207. The van der Waals surface area contributed by atoms with E-state index in [1.54, 1.807) is 0 Å². The number of hydrogen-bond acceptors (Lipinski definition) is 3. The molecular formula is C14H24N2O. The van der Waals surface area contributed by atoms with Crippen LogP contribution in [0.2, 0.25) is 0 Å². The van der Waals surface area contributed by atoms with Crippen molar-refractivity contribution in [3.05, 3.63) is 24.3 Å². The topological polar surface area (TPSA) is 38.5 Å². The van der Waals surface area contributed by atoms with Gasteiger partial charge in [-0.25, -0.2) is 0 Å². The fourth-order valence-corrected chi connectivity index (χ4v) is 1.80. The average Bonchev–Trinajstić information content (AvgIpc) is 2.31. The largest absolute Gasteiger partial charge is 0.494 e. The van der Waals surface area contributed by atoms with Gasteiger partial charge in [-0.1, -0.05) is 6.92 Å². The Morgan fingerprint density at radius 1 is 1.24 bits per heavy atom.